The lowest BCUT2D eigenvalue weighted by Crippen LogP contribution is -2.42. The van der Waals surface area contributed by atoms with Crippen molar-refractivity contribution < 1.29 is 30.8 Å². The van der Waals surface area contributed by atoms with Gasteiger partial charge in [-0.1, -0.05) is 41.6 Å². The summed E-state index contributed by atoms with van der Waals surface area (Å²) in [6.45, 7) is -0.129. The zero-order valence-electron chi connectivity index (χ0n) is 15.4. The molecule has 3 aromatic rings. The molecule has 0 N–H and O–H groups in total. The van der Waals surface area contributed by atoms with Crippen molar-refractivity contribution in [2.45, 2.75) is 17.2 Å². The number of hydrogen-bond acceptors (Lipinski definition) is 6. The largest absolute Gasteiger partial charge is 0.416 e. The van der Waals surface area contributed by atoms with E-state index in [4.69, 9.17) is 9.26 Å². The first kappa shape index (κ1) is 20.5. The molecule has 0 radical (unpaired) electrons. The summed E-state index contributed by atoms with van der Waals surface area (Å²) in [4.78, 5) is 3.83. The Bertz CT molecular complexity index is 1130. The number of aromatic nitrogens is 2. The number of nitrogens with zero attached hydrogens (tertiary/aromatic N) is 3. The minimum Gasteiger partial charge on any atom is -0.366 e. The molecule has 4 rings (SSSR count). The van der Waals surface area contributed by atoms with Crippen molar-refractivity contribution in [2.75, 3.05) is 19.7 Å². The summed E-state index contributed by atoms with van der Waals surface area (Å²) in [7, 11) is -4.17. The predicted molar refractivity (Wildman–Crippen MR) is 98.6 cm³/mol. The van der Waals surface area contributed by atoms with E-state index in [1.54, 1.807) is 12.1 Å². The van der Waals surface area contributed by atoms with Crippen LogP contribution in [0.4, 0.5) is 13.2 Å². The zero-order chi connectivity index (χ0) is 21.4. The topological polar surface area (TPSA) is 85.5 Å². The number of benzene rings is 2. The Kier molecular flexibility index (Phi) is 5.35. The highest BCUT2D eigenvalue weighted by Gasteiger charge is 2.36. The number of rotatable bonds is 4. The maximum absolute atomic E-state index is 13.0. The first-order chi connectivity index (χ1) is 14.2. The van der Waals surface area contributed by atoms with Crippen LogP contribution < -0.4 is 0 Å². The fourth-order valence-electron chi connectivity index (χ4n) is 3.05. The van der Waals surface area contributed by atoms with Crippen molar-refractivity contribution in [3.05, 3.63) is 66.1 Å². The van der Waals surface area contributed by atoms with Crippen LogP contribution in [0.1, 0.15) is 17.6 Å². The van der Waals surface area contributed by atoms with Crippen LogP contribution in [0.5, 0.6) is 0 Å². The Morgan fingerprint density at radius 3 is 2.57 bits per heavy atom. The zero-order valence-corrected chi connectivity index (χ0v) is 16.2. The van der Waals surface area contributed by atoms with Gasteiger partial charge in [0.15, 0.2) is 6.10 Å². The maximum Gasteiger partial charge on any atom is 0.416 e. The van der Waals surface area contributed by atoms with Gasteiger partial charge in [0.2, 0.25) is 15.8 Å². The Balaban J connectivity index is 1.56. The molecule has 2 aromatic carbocycles. The van der Waals surface area contributed by atoms with Gasteiger partial charge in [-0.25, -0.2) is 8.42 Å². The summed E-state index contributed by atoms with van der Waals surface area (Å²) in [5.74, 6) is 0.421. The molecule has 1 aliphatic heterocycles. The smallest absolute Gasteiger partial charge is 0.366 e. The molecule has 2 heterocycles. The van der Waals surface area contributed by atoms with Crippen LogP contribution in [-0.2, 0) is 20.9 Å². The fraction of sp³-hybridized carbons (Fsp3) is 0.263. The van der Waals surface area contributed by atoms with Crippen LogP contribution in [-0.4, -0.2) is 42.6 Å². The normalized spacial score (nSPS) is 18.4. The molecular formula is C19H16F3N3O4S. The molecule has 7 nitrogen and oxygen atoms in total. The minimum absolute atomic E-state index is 0.00520. The van der Waals surface area contributed by atoms with E-state index in [-0.39, 0.29) is 25.6 Å². The van der Waals surface area contributed by atoms with E-state index in [2.05, 4.69) is 10.1 Å². The number of alkyl halides is 3. The standard InChI is InChI=1S/C19H16F3N3O4S/c20-19(21,22)14-7-4-8-15(11-14)30(26,27)25-9-10-28-16(12-25)18-23-17(24-29-18)13-5-2-1-3-6-13/h1-8,11,16H,9-10,12H2/t16-/m0/s1. The molecule has 1 fully saturated rings. The molecule has 158 valence electrons. The Hall–Kier alpha value is -2.76. The molecule has 1 saturated heterocycles. The van der Waals surface area contributed by atoms with E-state index in [9.17, 15) is 21.6 Å². The van der Waals surface area contributed by atoms with Gasteiger partial charge in [-0.3, -0.25) is 0 Å². The number of morpholine rings is 1. The van der Waals surface area contributed by atoms with Crippen LogP contribution >= 0.6 is 0 Å². The summed E-state index contributed by atoms with van der Waals surface area (Å²) < 4.78 is 76.6. The molecular weight excluding hydrogens is 423 g/mol. The van der Waals surface area contributed by atoms with Crippen LogP contribution in [0, 0.1) is 0 Å². The summed E-state index contributed by atoms with van der Waals surface area (Å²) in [5, 5.41) is 3.89. The first-order valence-electron chi connectivity index (χ1n) is 8.93. The number of hydrogen-bond donors (Lipinski definition) is 0. The second-order valence-electron chi connectivity index (χ2n) is 6.57. The third-order valence-corrected chi connectivity index (χ3v) is 6.44. The molecule has 1 aliphatic rings. The highest BCUT2D eigenvalue weighted by molar-refractivity contribution is 7.89. The van der Waals surface area contributed by atoms with Gasteiger partial charge >= 0.3 is 6.18 Å². The Labute approximate surface area is 170 Å². The average Bonchev–Trinajstić information content (AvgIpc) is 3.24. The lowest BCUT2D eigenvalue weighted by atomic mass is 10.2. The number of halogens is 3. The molecule has 0 bridgehead atoms. The van der Waals surface area contributed by atoms with Gasteiger partial charge in [0.05, 0.1) is 17.1 Å². The van der Waals surface area contributed by atoms with Crippen molar-refractivity contribution in [3.63, 3.8) is 0 Å². The van der Waals surface area contributed by atoms with Crippen LogP contribution in [0.15, 0.2) is 64.0 Å². The van der Waals surface area contributed by atoms with Crippen molar-refractivity contribution in [1.29, 1.82) is 0 Å². The predicted octanol–water partition coefficient (Wildman–Crippen LogP) is 3.52. The van der Waals surface area contributed by atoms with Gasteiger partial charge in [0, 0.05) is 18.7 Å². The van der Waals surface area contributed by atoms with Gasteiger partial charge in [-0.05, 0) is 18.2 Å². The number of ether oxygens (including phenoxy) is 1. The summed E-state index contributed by atoms with van der Waals surface area (Å²) in [6, 6.07) is 12.7. The van der Waals surface area contributed by atoms with Crippen LogP contribution in [0.3, 0.4) is 0 Å². The van der Waals surface area contributed by atoms with Gasteiger partial charge in [-0.15, -0.1) is 0 Å². The van der Waals surface area contributed by atoms with E-state index < -0.39 is 32.8 Å². The van der Waals surface area contributed by atoms with Crippen LogP contribution in [0.25, 0.3) is 11.4 Å². The Morgan fingerprint density at radius 2 is 1.83 bits per heavy atom. The molecule has 0 amide bonds. The quantitative estimate of drug-likeness (QED) is 0.619. The molecule has 0 spiro atoms. The van der Waals surface area contributed by atoms with Crippen molar-refractivity contribution in [3.8, 4) is 11.4 Å². The van der Waals surface area contributed by atoms with E-state index in [1.165, 1.54) is 0 Å². The summed E-state index contributed by atoms with van der Waals surface area (Å²) in [5.41, 5.74) is -0.311. The van der Waals surface area contributed by atoms with Gasteiger partial charge in [0.25, 0.3) is 5.89 Å². The van der Waals surface area contributed by atoms with Crippen molar-refractivity contribution >= 4 is 10.0 Å². The summed E-state index contributed by atoms with van der Waals surface area (Å²) in [6.07, 6.45) is -5.47. The molecule has 1 aromatic heterocycles. The highest BCUT2D eigenvalue weighted by Crippen LogP contribution is 2.32. The highest BCUT2D eigenvalue weighted by atomic mass is 32.2. The lowest BCUT2D eigenvalue weighted by Gasteiger charge is -2.30. The van der Waals surface area contributed by atoms with Crippen molar-refractivity contribution in [1.82, 2.24) is 14.4 Å². The van der Waals surface area contributed by atoms with Gasteiger partial charge in [-0.2, -0.15) is 22.5 Å². The van der Waals surface area contributed by atoms with E-state index in [0.717, 1.165) is 28.1 Å². The van der Waals surface area contributed by atoms with E-state index in [0.29, 0.717) is 11.9 Å². The van der Waals surface area contributed by atoms with Crippen LogP contribution in [0.2, 0.25) is 0 Å². The Morgan fingerprint density at radius 1 is 1.07 bits per heavy atom. The second-order valence-corrected chi connectivity index (χ2v) is 8.51. The third kappa shape index (κ3) is 4.09. The molecule has 0 aliphatic carbocycles. The van der Waals surface area contributed by atoms with E-state index in [1.807, 2.05) is 18.2 Å². The molecule has 0 saturated carbocycles. The average molecular weight is 439 g/mol. The molecule has 11 heteroatoms. The lowest BCUT2D eigenvalue weighted by molar-refractivity contribution is -0.137. The third-order valence-electron chi connectivity index (χ3n) is 4.58. The second kappa shape index (κ2) is 7.82. The van der Waals surface area contributed by atoms with E-state index >= 15 is 0 Å². The monoisotopic (exact) mass is 439 g/mol. The van der Waals surface area contributed by atoms with Gasteiger partial charge in [0.1, 0.15) is 0 Å². The molecule has 30 heavy (non-hydrogen) atoms. The molecule has 0 unspecified atom stereocenters. The number of sulfonamides is 1. The maximum atomic E-state index is 13.0. The molecule has 1 atom stereocenters. The van der Waals surface area contributed by atoms with Gasteiger partial charge < -0.3 is 9.26 Å². The SMILES string of the molecule is O=S(=O)(c1cccc(C(F)(F)F)c1)N1CCO[C@H](c2nc(-c3ccccc3)no2)C1. The first-order valence-corrected chi connectivity index (χ1v) is 10.4. The minimum atomic E-state index is -4.64. The fourth-order valence-corrected chi connectivity index (χ4v) is 4.52. The van der Waals surface area contributed by atoms with Crippen molar-refractivity contribution in [2.24, 2.45) is 0 Å². The summed E-state index contributed by atoms with van der Waals surface area (Å²) >= 11 is 0.